The molecule has 2 aliphatic rings. The first-order valence-corrected chi connectivity index (χ1v) is 8.23. The molecule has 1 aromatic carbocycles. The fourth-order valence-electron chi connectivity index (χ4n) is 3.77. The van der Waals surface area contributed by atoms with E-state index in [1.165, 1.54) is 11.1 Å². The van der Waals surface area contributed by atoms with Crippen molar-refractivity contribution in [3.63, 3.8) is 0 Å². The van der Waals surface area contributed by atoms with Crippen LogP contribution in [0.5, 0.6) is 0 Å². The highest BCUT2D eigenvalue weighted by atomic mass is 16.2. The van der Waals surface area contributed by atoms with E-state index in [9.17, 15) is 9.59 Å². The zero-order valence-electron chi connectivity index (χ0n) is 13.0. The molecule has 0 radical (unpaired) electrons. The molecule has 4 heteroatoms. The van der Waals surface area contributed by atoms with E-state index in [0.29, 0.717) is 5.92 Å². The molecule has 0 aromatic heterocycles. The average molecular weight is 300 g/mol. The van der Waals surface area contributed by atoms with Gasteiger partial charge in [-0.1, -0.05) is 37.1 Å². The molecule has 4 atom stereocenters. The maximum atomic E-state index is 12.5. The summed E-state index contributed by atoms with van der Waals surface area (Å²) in [6.45, 7) is 2.09. The average Bonchev–Trinajstić information content (AvgIpc) is 3.28. The lowest BCUT2D eigenvalue weighted by atomic mass is 9.84. The molecule has 3 rings (SSSR count). The van der Waals surface area contributed by atoms with Crippen molar-refractivity contribution in [3.05, 3.63) is 35.4 Å². The predicted molar refractivity (Wildman–Crippen MR) is 85.1 cm³/mol. The highest BCUT2D eigenvalue weighted by Crippen LogP contribution is 2.48. The molecule has 118 valence electrons. The summed E-state index contributed by atoms with van der Waals surface area (Å²) >= 11 is 0. The van der Waals surface area contributed by atoms with E-state index in [2.05, 4.69) is 24.4 Å². The van der Waals surface area contributed by atoms with Crippen LogP contribution in [0.3, 0.4) is 0 Å². The van der Waals surface area contributed by atoms with Crippen molar-refractivity contribution in [3.8, 4) is 0 Å². The van der Waals surface area contributed by atoms with Crippen LogP contribution < -0.4 is 11.1 Å². The van der Waals surface area contributed by atoms with E-state index in [4.69, 9.17) is 5.73 Å². The largest absolute Gasteiger partial charge is 0.369 e. The number of rotatable bonds is 4. The smallest absolute Gasteiger partial charge is 0.223 e. The molecule has 3 N–H and O–H groups in total. The first kappa shape index (κ1) is 15.1. The number of nitrogens with two attached hydrogens (primary N) is 1. The van der Waals surface area contributed by atoms with Crippen LogP contribution in [0.1, 0.15) is 49.1 Å². The van der Waals surface area contributed by atoms with Gasteiger partial charge in [0, 0.05) is 12.0 Å². The van der Waals surface area contributed by atoms with Gasteiger partial charge in [-0.15, -0.1) is 0 Å². The highest BCUT2D eigenvalue weighted by Gasteiger charge is 2.45. The highest BCUT2D eigenvalue weighted by molar-refractivity contribution is 5.84. The van der Waals surface area contributed by atoms with Gasteiger partial charge in [0.25, 0.3) is 0 Å². The van der Waals surface area contributed by atoms with Gasteiger partial charge in [0.15, 0.2) is 0 Å². The SMILES string of the molecule is Cc1ccccc1[C@@H]1C[C@@H]1C(=O)N[C@H]1CCCC[C@@H]1C(N)=O. The number of aryl methyl sites for hydroxylation is 1. The molecule has 0 unspecified atom stereocenters. The fraction of sp³-hybridized carbons (Fsp3) is 0.556. The monoisotopic (exact) mass is 300 g/mol. The quantitative estimate of drug-likeness (QED) is 0.895. The zero-order valence-corrected chi connectivity index (χ0v) is 13.0. The number of hydrogen-bond donors (Lipinski definition) is 2. The molecule has 22 heavy (non-hydrogen) atoms. The van der Waals surface area contributed by atoms with Crippen LogP contribution in [0.2, 0.25) is 0 Å². The minimum atomic E-state index is -0.281. The molecule has 0 spiro atoms. The van der Waals surface area contributed by atoms with Crippen molar-refractivity contribution < 1.29 is 9.59 Å². The summed E-state index contributed by atoms with van der Waals surface area (Å²) in [5.41, 5.74) is 7.99. The molecule has 2 saturated carbocycles. The van der Waals surface area contributed by atoms with Gasteiger partial charge in [0.1, 0.15) is 0 Å². The van der Waals surface area contributed by atoms with Gasteiger partial charge in [-0.05, 0) is 43.2 Å². The Bertz CT molecular complexity index is 584. The maximum absolute atomic E-state index is 12.5. The van der Waals surface area contributed by atoms with Gasteiger partial charge in [-0.25, -0.2) is 0 Å². The van der Waals surface area contributed by atoms with Crippen LogP contribution in [-0.2, 0) is 9.59 Å². The van der Waals surface area contributed by atoms with Crippen molar-refractivity contribution in [1.29, 1.82) is 0 Å². The van der Waals surface area contributed by atoms with Gasteiger partial charge in [0.2, 0.25) is 11.8 Å². The van der Waals surface area contributed by atoms with Crippen molar-refractivity contribution in [2.24, 2.45) is 17.6 Å². The molecule has 1 aromatic rings. The number of benzene rings is 1. The van der Waals surface area contributed by atoms with Gasteiger partial charge < -0.3 is 11.1 Å². The Labute approximate surface area is 131 Å². The summed E-state index contributed by atoms with van der Waals surface area (Å²) in [6.07, 6.45) is 4.65. The molecule has 0 saturated heterocycles. The standard InChI is InChI=1S/C18H24N2O2/c1-11-6-2-3-7-12(11)14-10-15(14)18(22)20-16-9-5-4-8-13(16)17(19)21/h2-3,6-7,13-16H,4-5,8-10H2,1H3,(H2,19,21)(H,20,22)/t13-,14-,15-,16-/m0/s1. The van der Waals surface area contributed by atoms with E-state index < -0.39 is 0 Å². The second-order valence-electron chi connectivity index (χ2n) is 6.71. The first-order chi connectivity index (χ1) is 10.6. The van der Waals surface area contributed by atoms with Crippen LogP contribution in [0, 0.1) is 18.8 Å². The summed E-state index contributed by atoms with van der Waals surface area (Å²) < 4.78 is 0. The van der Waals surface area contributed by atoms with Gasteiger partial charge >= 0.3 is 0 Å². The van der Waals surface area contributed by atoms with Crippen molar-refractivity contribution in [2.75, 3.05) is 0 Å². The Hall–Kier alpha value is -1.84. The lowest BCUT2D eigenvalue weighted by Gasteiger charge is -2.30. The second kappa shape index (κ2) is 6.11. The van der Waals surface area contributed by atoms with E-state index in [-0.39, 0.29) is 29.7 Å². The number of nitrogens with one attached hydrogen (secondary N) is 1. The van der Waals surface area contributed by atoms with Crippen LogP contribution in [0.4, 0.5) is 0 Å². The van der Waals surface area contributed by atoms with Gasteiger partial charge in [-0.3, -0.25) is 9.59 Å². The van der Waals surface area contributed by atoms with Gasteiger partial charge in [0.05, 0.1) is 5.92 Å². The Balaban J connectivity index is 1.61. The Morgan fingerprint density at radius 1 is 1.14 bits per heavy atom. The Kier molecular flexibility index (Phi) is 4.19. The maximum Gasteiger partial charge on any atom is 0.223 e. The minimum Gasteiger partial charge on any atom is -0.369 e. The van der Waals surface area contributed by atoms with Crippen molar-refractivity contribution in [1.82, 2.24) is 5.32 Å². The molecule has 2 aliphatic carbocycles. The number of carbonyl (C=O) groups is 2. The lowest BCUT2D eigenvalue weighted by Crippen LogP contribution is -2.47. The molecule has 2 fully saturated rings. The lowest BCUT2D eigenvalue weighted by molar-refractivity contribution is -0.126. The van der Waals surface area contributed by atoms with E-state index in [0.717, 1.165) is 32.1 Å². The summed E-state index contributed by atoms with van der Waals surface area (Å²) in [4.78, 5) is 24.0. The third kappa shape index (κ3) is 3.01. The summed E-state index contributed by atoms with van der Waals surface area (Å²) in [7, 11) is 0. The summed E-state index contributed by atoms with van der Waals surface area (Å²) in [5, 5.41) is 3.09. The molecule has 4 nitrogen and oxygen atoms in total. The third-order valence-corrected chi connectivity index (χ3v) is 5.17. The van der Waals surface area contributed by atoms with E-state index >= 15 is 0 Å². The topological polar surface area (TPSA) is 72.2 Å². The molecule has 0 aliphatic heterocycles. The van der Waals surface area contributed by atoms with Crippen LogP contribution >= 0.6 is 0 Å². The normalized spacial score (nSPS) is 30.6. The number of amides is 2. The second-order valence-corrected chi connectivity index (χ2v) is 6.71. The van der Waals surface area contributed by atoms with Crippen molar-refractivity contribution in [2.45, 2.75) is 51.0 Å². The zero-order chi connectivity index (χ0) is 15.7. The summed E-state index contributed by atoms with van der Waals surface area (Å²) in [6, 6.07) is 8.18. The van der Waals surface area contributed by atoms with Crippen LogP contribution in [-0.4, -0.2) is 17.9 Å². The van der Waals surface area contributed by atoms with Crippen LogP contribution in [0.25, 0.3) is 0 Å². The molecule has 2 amide bonds. The third-order valence-electron chi connectivity index (χ3n) is 5.17. The number of hydrogen-bond acceptors (Lipinski definition) is 2. The Morgan fingerprint density at radius 3 is 2.59 bits per heavy atom. The van der Waals surface area contributed by atoms with Crippen molar-refractivity contribution >= 4 is 11.8 Å². The molecular formula is C18H24N2O2. The molecule has 0 heterocycles. The predicted octanol–water partition coefficient (Wildman–Crippen LogP) is 2.26. The first-order valence-electron chi connectivity index (χ1n) is 8.23. The molecule has 0 bridgehead atoms. The van der Waals surface area contributed by atoms with E-state index in [1.807, 2.05) is 12.1 Å². The number of primary amides is 1. The van der Waals surface area contributed by atoms with E-state index in [1.54, 1.807) is 0 Å². The Morgan fingerprint density at radius 2 is 1.86 bits per heavy atom. The minimum absolute atomic E-state index is 0.0524. The van der Waals surface area contributed by atoms with Crippen LogP contribution in [0.15, 0.2) is 24.3 Å². The van der Waals surface area contributed by atoms with Gasteiger partial charge in [-0.2, -0.15) is 0 Å². The molecular weight excluding hydrogens is 276 g/mol. The number of carbonyl (C=O) groups excluding carboxylic acids is 2. The summed E-state index contributed by atoms with van der Waals surface area (Å²) in [5.74, 6) is -0.00983. The fourth-order valence-corrected chi connectivity index (χ4v) is 3.77.